The second-order valence-corrected chi connectivity index (χ2v) is 7.57. The molecular formula is C14H23BrIN3O3S. The summed E-state index contributed by atoms with van der Waals surface area (Å²) in [5.41, 5.74) is 0. The molecule has 0 aromatic heterocycles. The summed E-state index contributed by atoms with van der Waals surface area (Å²) in [5, 5.41) is 6.09. The van der Waals surface area contributed by atoms with Gasteiger partial charge in [-0.25, -0.2) is 8.42 Å². The summed E-state index contributed by atoms with van der Waals surface area (Å²) < 4.78 is 30.2. The molecule has 0 saturated heterocycles. The number of methoxy groups -OCH3 is 1. The highest BCUT2D eigenvalue weighted by Crippen LogP contribution is 2.15. The van der Waals surface area contributed by atoms with Gasteiger partial charge in [-0.15, -0.1) is 24.0 Å². The smallest absolute Gasteiger partial charge is 0.191 e. The van der Waals surface area contributed by atoms with Crippen LogP contribution in [0.3, 0.4) is 0 Å². The molecule has 1 rings (SSSR count). The molecule has 0 bridgehead atoms. The minimum Gasteiger partial charge on any atom is -0.385 e. The van der Waals surface area contributed by atoms with Crippen LogP contribution in [-0.2, 0) is 14.6 Å². The lowest BCUT2D eigenvalue weighted by Gasteiger charge is -2.12. The molecule has 132 valence electrons. The van der Waals surface area contributed by atoms with E-state index in [9.17, 15) is 8.42 Å². The molecule has 0 amide bonds. The van der Waals surface area contributed by atoms with Gasteiger partial charge in [0.15, 0.2) is 15.8 Å². The average Bonchev–Trinajstić information content (AvgIpc) is 2.50. The lowest BCUT2D eigenvalue weighted by molar-refractivity contribution is 0.195. The van der Waals surface area contributed by atoms with Gasteiger partial charge >= 0.3 is 0 Å². The molecule has 1 aromatic rings. The molecule has 1 aromatic carbocycles. The first kappa shape index (κ1) is 22.6. The third kappa shape index (κ3) is 8.87. The summed E-state index contributed by atoms with van der Waals surface area (Å²) in [7, 11) is 0.00437. The number of nitrogens with one attached hydrogen (secondary N) is 2. The van der Waals surface area contributed by atoms with Crippen LogP contribution in [0.15, 0.2) is 38.6 Å². The number of aliphatic imine (C=N–C) groups is 1. The standard InChI is InChI=1S/C14H22BrN3O3S.HI/c1-16-14(17-8-3-10-21-2)18-9-11-22(19,20)13-6-4-12(15)5-7-13;/h4-7H,3,8-11H2,1-2H3,(H2,16,17,18);1H. The lowest BCUT2D eigenvalue weighted by Crippen LogP contribution is -2.40. The molecule has 0 aliphatic carbocycles. The highest BCUT2D eigenvalue weighted by molar-refractivity contribution is 14.0. The van der Waals surface area contributed by atoms with Crippen LogP contribution in [0.1, 0.15) is 6.42 Å². The van der Waals surface area contributed by atoms with E-state index in [-0.39, 0.29) is 29.7 Å². The first-order valence-corrected chi connectivity index (χ1v) is 9.36. The molecular weight excluding hydrogens is 497 g/mol. The third-order valence-electron chi connectivity index (χ3n) is 2.88. The summed E-state index contributed by atoms with van der Waals surface area (Å²) in [5.74, 6) is 0.593. The maximum Gasteiger partial charge on any atom is 0.191 e. The first-order valence-electron chi connectivity index (χ1n) is 6.91. The van der Waals surface area contributed by atoms with Crippen LogP contribution < -0.4 is 10.6 Å². The summed E-state index contributed by atoms with van der Waals surface area (Å²) in [6.45, 7) is 1.68. The lowest BCUT2D eigenvalue weighted by atomic mass is 10.4. The van der Waals surface area contributed by atoms with Crippen molar-refractivity contribution in [2.24, 2.45) is 4.99 Å². The maximum absolute atomic E-state index is 12.2. The fourth-order valence-electron chi connectivity index (χ4n) is 1.71. The molecule has 23 heavy (non-hydrogen) atoms. The van der Waals surface area contributed by atoms with Crippen LogP contribution in [0.25, 0.3) is 0 Å². The van der Waals surface area contributed by atoms with E-state index < -0.39 is 9.84 Å². The van der Waals surface area contributed by atoms with Crippen molar-refractivity contribution in [1.29, 1.82) is 0 Å². The molecule has 0 aliphatic rings. The number of halogens is 2. The molecule has 2 N–H and O–H groups in total. The largest absolute Gasteiger partial charge is 0.385 e. The Kier molecular flexibility index (Phi) is 11.8. The third-order valence-corrected chi connectivity index (χ3v) is 5.14. The SMILES string of the molecule is CN=C(NCCCOC)NCCS(=O)(=O)c1ccc(Br)cc1.I. The Bertz CT molecular complexity index is 579. The minimum atomic E-state index is -3.30. The molecule has 0 radical (unpaired) electrons. The Labute approximate surface area is 163 Å². The zero-order valence-corrected chi connectivity index (χ0v) is 17.9. The molecule has 0 fully saturated rings. The Hall–Kier alpha value is -0.390. The number of hydrogen-bond acceptors (Lipinski definition) is 4. The van der Waals surface area contributed by atoms with Crippen molar-refractivity contribution < 1.29 is 13.2 Å². The Morgan fingerprint density at radius 2 is 1.83 bits per heavy atom. The van der Waals surface area contributed by atoms with E-state index in [0.717, 1.165) is 10.9 Å². The van der Waals surface area contributed by atoms with Gasteiger partial charge in [-0.1, -0.05) is 15.9 Å². The summed E-state index contributed by atoms with van der Waals surface area (Å²) in [6.07, 6.45) is 0.856. The molecule has 9 heteroatoms. The summed E-state index contributed by atoms with van der Waals surface area (Å²) in [6, 6.07) is 6.63. The average molecular weight is 520 g/mol. The number of hydrogen-bond donors (Lipinski definition) is 2. The highest BCUT2D eigenvalue weighted by Gasteiger charge is 2.14. The minimum absolute atomic E-state index is 0. The Balaban J connectivity index is 0.00000484. The van der Waals surface area contributed by atoms with E-state index in [1.54, 1.807) is 38.4 Å². The number of sulfone groups is 1. The predicted octanol–water partition coefficient (Wildman–Crippen LogP) is 2.04. The fraction of sp³-hybridized carbons (Fsp3) is 0.500. The monoisotopic (exact) mass is 519 g/mol. The van der Waals surface area contributed by atoms with Crippen molar-refractivity contribution in [2.45, 2.75) is 11.3 Å². The van der Waals surface area contributed by atoms with Gasteiger partial charge in [0.1, 0.15) is 0 Å². The zero-order chi connectivity index (χ0) is 16.4. The van der Waals surface area contributed by atoms with Crippen molar-refractivity contribution >= 4 is 55.7 Å². The van der Waals surface area contributed by atoms with Gasteiger partial charge in [0.25, 0.3) is 0 Å². The topological polar surface area (TPSA) is 79.8 Å². The Morgan fingerprint density at radius 3 is 2.39 bits per heavy atom. The quantitative estimate of drug-likeness (QED) is 0.238. The van der Waals surface area contributed by atoms with E-state index >= 15 is 0 Å². The van der Waals surface area contributed by atoms with Crippen LogP contribution in [-0.4, -0.2) is 54.0 Å². The predicted molar refractivity (Wildman–Crippen MR) is 107 cm³/mol. The van der Waals surface area contributed by atoms with E-state index in [1.165, 1.54) is 0 Å². The molecule has 0 aliphatic heterocycles. The molecule has 6 nitrogen and oxygen atoms in total. The van der Waals surface area contributed by atoms with Crippen molar-refractivity contribution in [1.82, 2.24) is 10.6 Å². The van der Waals surface area contributed by atoms with E-state index in [1.807, 2.05) is 0 Å². The van der Waals surface area contributed by atoms with Gasteiger partial charge in [-0.2, -0.15) is 0 Å². The Morgan fingerprint density at radius 1 is 1.22 bits per heavy atom. The molecule has 0 saturated carbocycles. The van der Waals surface area contributed by atoms with Crippen LogP contribution in [0.2, 0.25) is 0 Å². The number of benzene rings is 1. The number of rotatable bonds is 8. The zero-order valence-electron chi connectivity index (χ0n) is 13.2. The van der Waals surface area contributed by atoms with Gasteiger partial charge in [0.05, 0.1) is 10.6 Å². The maximum atomic E-state index is 12.2. The number of guanidine groups is 1. The van der Waals surface area contributed by atoms with Gasteiger partial charge in [0.2, 0.25) is 0 Å². The van der Waals surface area contributed by atoms with Gasteiger partial charge < -0.3 is 15.4 Å². The van der Waals surface area contributed by atoms with Crippen molar-refractivity contribution in [3.05, 3.63) is 28.7 Å². The van der Waals surface area contributed by atoms with Crippen LogP contribution in [0.4, 0.5) is 0 Å². The molecule has 0 atom stereocenters. The summed E-state index contributed by atoms with van der Waals surface area (Å²) in [4.78, 5) is 4.36. The number of nitrogens with zero attached hydrogens (tertiary/aromatic N) is 1. The highest BCUT2D eigenvalue weighted by atomic mass is 127. The number of ether oxygens (including phenoxy) is 1. The normalized spacial score (nSPS) is 11.7. The van der Waals surface area contributed by atoms with Crippen LogP contribution >= 0.6 is 39.9 Å². The molecule has 0 spiro atoms. The van der Waals surface area contributed by atoms with Crippen molar-refractivity contribution in [3.8, 4) is 0 Å². The molecule has 0 heterocycles. The van der Waals surface area contributed by atoms with Crippen LogP contribution in [0.5, 0.6) is 0 Å². The van der Waals surface area contributed by atoms with E-state index in [2.05, 4.69) is 31.6 Å². The second kappa shape index (κ2) is 12.0. The fourth-order valence-corrected chi connectivity index (χ4v) is 3.13. The van der Waals surface area contributed by atoms with Gasteiger partial charge in [-0.3, -0.25) is 4.99 Å². The van der Waals surface area contributed by atoms with Crippen molar-refractivity contribution in [2.75, 3.05) is 39.6 Å². The van der Waals surface area contributed by atoms with Gasteiger partial charge in [-0.05, 0) is 30.7 Å². The van der Waals surface area contributed by atoms with E-state index in [0.29, 0.717) is 30.6 Å². The molecule has 0 unspecified atom stereocenters. The van der Waals surface area contributed by atoms with Crippen molar-refractivity contribution in [3.63, 3.8) is 0 Å². The summed E-state index contributed by atoms with van der Waals surface area (Å²) >= 11 is 3.29. The van der Waals surface area contributed by atoms with E-state index in [4.69, 9.17) is 4.74 Å². The van der Waals surface area contributed by atoms with Gasteiger partial charge in [0, 0.05) is 38.3 Å². The first-order chi connectivity index (χ1) is 10.5. The van der Waals surface area contributed by atoms with Crippen LogP contribution in [0, 0.1) is 0 Å². The second-order valence-electron chi connectivity index (χ2n) is 4.54.